The number of nitrogens with one attached hydrogen (secondary N) is 1. The van der Waals surface area contributed by atoms with E-state index in [1.165, 1.54) is 23.5 Å². The van der Waals surface area contributed by atoms with E-state index in [1.807, 2.05) is 0 Å². The van der Waals surface area contributed by atoms with Crippen molar-refractivity contribution in [2.45, 2.75) is 6.10 Å². The molecule has 18 heavy (non-hydrogen) atoms. The van der Waals surface area contributed by atoms with Gasteiger partial charge in [0.05, 0.1) is 17.6 Å². The van der Waals surface area contributed by atoms with Crippen LogP contribution in [0.25, 0.3) is 10.1 Å². The minimum atomic E-state index is -0.972. The number of benzene rings is 1. The minimum absolute atomic E-state index is 0.0159. The van der Waals surface area contributed by atoms with Crippen LogP contribution in [0.2, 0.25) is 0 Å². The Balaban J connectivity index is 2.13. The fraction of sp³-hybridized carbons (Fsp3) is 0.250. The summed E-state index contributed by atoms with van der Waals surface area (Å²) in [5, 5.41) is 20.9. The molecule has 0 saturated carbocycles. The van der Waals surface area contributed by atoms with Crippen LogP contribution in [-0.2, 0) is 0 Å². The molecule has 0 aliphatic carbocycles. The number of carbonyl (C=O) groups is 1. The SMILES string of the molecule is O=C(NCC(O)CO)c1cc2cc(F)ccc2s1. The summed E-state index contributed by atoms with van der Waals surface area (Å²) in [5.74, 6) is -0.688. The van der Waals surface area contributed by atoms with E-state index in [-0.39, 0.29) is 18.3 Å². The number of fused-ring (bicyclic) bond motifs is 1. The maximum atomic E-state index is 13.0. The number of carbonyl (C=O) groups excluding carboxylic acids is 1. The zero-order chi connectivity index (χ0) is 13.1. The van der Waals surface area contributed by atoms with E-state index in [0.717, 1.165) is 4.70 Å². The Kier molecular flexibility index (Phi) is 3.90. The predicted molar refractivity (Wildman–Crippen MR) is 67.2 cm³/mol. The molecule has 96 valence electrons. The summed E-state index contributed by atoms with van der Waals surface area (Å²) >= 11 is 1.25. The second-order valence-corrected chi connectivity index (χ2v) is 4.92. The first-order chi connectivity index (χ1) is 8.60. The van der Waals surface area contributed by atoms with E-state index in [4.69, 9.17) is 10.2 Å². The average Bonchev–Trinajstić information content (AvgIpc) is 2.78. The van der Waals surface area contributed by atoms with Gasteiger partial charge in [0.25, 0.3) is 5.91 Å². The molecular weight excluding hydrogens is 257 g/mol. The van der Waals surface area contributed by atoms with Gasteiger partial charge in [-0.15, -0.1) is 11.3 Å². The average molecular weight is 269 g/mol. The van der Waals surface area contributed by atoms with Gasteiger partial charge in [0.15, 0.2) is 0 Å². The van der Waals surface area contributed by atoms with Gasteiger partial charge in [-0.1, -0.05) is 0 Å². The van der Waals surface area contributed by atoms with E-state index in [2.05, 4.69) is 5.32 Å². The Morgan fingerprint density at radius 2 is 2.22 bits per heavy atom. The van der Waals surface area contributed by atoms with E-state index >= 15 is 0 Å². The van der Waals surface area contributed by atoms with Crippen molar-refractivity contribution in [1.29, 1.82) is 0 Å². The van der Waals surface area contributed by atoms with E-state index in [1.54, 1.807) is 12.1 Å². The molecule has 0 aliphatic heterocycles. The van der Waals surface area contributed by atoms with Gasteiger partial charge in [-0.25, -0.2) is 4.39 Å². The van der Waals surface area contributed by atoms with Crippen LogP contribution in [0.15, 0.2) is 24.3 Å². The maximum absolute atomic E-state index is 13.0. The Morgan fingerprint density at radius 3 is 2.94 bits per heavy atom. The highest BCUT2D eigenvalue weighted by molar-refractivity contribution is 7.20. The van der Waals surface area contributed by atoms with Gasteiger partial charge in [-0.3, -0.25) is 4.79 Å². The van der Waals surface area contributed by atoms with Crippen molar-refractivity contribution in [3.63, 3.8) is 0 Å². The van der Waals surface area contributed by atoms with Gasteiger partial charge in [0, 0.05) is 11.2 Å². The topological polar surface area (TPSA) is 69.6 Å². The highest BCUT2D eigenvalue weighted by atomic mass is 32.1. The second-order valence-electron chi connectivity index (χ2n) is 3.84. The Labute approximate surface area is 107 Å². The first-order valence-corrected chi connectivity index (χ1v) is 6.18. The molecule has 1 unspecified atom stereocenters. The molecule has 0 fully saturated rings. The smallest absolute Gasteiger partial charge is 0.261 e. The van der Waals surface area contributed by atoms with E-state index in [0.29, 0.717) is 10.3 Å². The normalized spacial score (nSPS) is 12.6. The van der Waals surface area contributed by atoms with Crippen LogP contribution in [-0.4, -0.2) is 35.4 Å². The zero-order valence-corrected chi connectivity index (χ0v) is 10.2. The molecule has 0 aliphatic rings. The number of aliphatic hydroxyl groups excluding tert-OH is 2. The standard InChI is InChI=1S/C12H12FNO3S/c13-8-1-2-10-7(3-8)4-11(18-10)12(17)14-5-9(16)6-15/h1-4,9,15-16H,5-6H2,(H,14,17). The lowest BCUT2D eigenvalue weighted by Gasteiger charge is -2.07. The summed E-state index contributed by atoms with van der Waals surface area (Å²) in [5.41, 5.74) is 0. The highest BCUT2D eigenvalue weighted by Crippen LogP contribution is 2.26. The fourth-order valence-corrected chi connectivity index (χ4v) is 2.45. The van der Waals surface area contributed by atoms with Crippen LogP contribution < -0.4 is 5.32 Å². The zero-order valence-electron chi connectivity index (χ0n) is 9.39. The van der Waals surface area contributed by atoms with Crippen molar-refractivity contribution in [2.75, 3.05) is 13.2 Å². The summed E-state index contributed by atoms with van der Waals surface area (Å²) in [7, 11) is 0. The highest BCUT2D eigenvalue weighted by Gasteiger charge is 2.12. The molecule has 0 saturated heterocycles. The van der Waals surface area contributed by atoms with Crippen molar-refractivity contribution in [3.05, 3.63) is 35.0 Å². The Morgan fingerprint density at radius 1 is 1.44 bits per heavy atom. The van der Waals surface area contributed by atoms with Crippen molar-refractivity contribution in [3.8, 4) is 0 Å². The summed E-state index contributed by atoms with van der Waals surface area (Å²) in [6, 6.07) is 5.93. The van der Waals surface area contributed by atoms with E-state index in [9.17, 15) is 9.18 Å². The van der Waals surface area contributed by atoms with Crippen molar-refractivity contribution in [1.82, 2.24) is 5.32 Å². The molecule has 1 heterocycles. The van der Waals surface area contributed by atoms with Crippen molar-refractivity contribution < 1.29 is 19.4 Å². The number of rotatable bonds is 4. The second kappa shape index (κ2) is 5.43. The number of aliphatic hydroxyl groups is 2. The molecule has 4 nitrogen and oxygen atoms in total. The van der Waals surface area contributed by atoms with Crippen LogP contribution in [0.3, 0.4) is 0 Å². The third kappa shape index (κ3) is 2.84. The number of hydrogen-bond acceptors (Lipinski definition) is 4. The summed E-state index contributed by atoms with van der Waals surface area (Å²) in [6.07, 6.45) is -0.972. The van der Waals surface area contributed by atoms with Gasteiger partial charge in [0.2, 0.25) is 0 Å². The molecule has 0 bridgehead atoms. The molecule has 1 atom stereocenters. The third-order valence-electron chi connectivity index (χ3n) is 2.41. The predicted octanol–water partition coefficient (Wildman–Crippen LogP) is 1.12. The van der Waals surface area contributed by atoms with Gasteiger partial charge in [-0.2, -0.15) is 0 Å². The molecule has 2 rings (SSSR count). The molecule has 0 radical (unpaired) electrons. The van der Waals surface area contributed by atoms with Crippen LogP contribution >= 0.6 is 11.3 Å². The fourth-order valence-electron chi connectivity index (χ4n) is 1.49. The number of hydrogen-bond donors (Lipinski definition) is 3. The minimum Gasteiger partial charge on any atom is -0.394 e. The molecule has 1 amide bonds. The Bertz CT molecular complexity index is 569. The monoisotopic (exact) mass is 269 g/mol. The number of amides is 1. The lowest BCUT2D eigenvalue weighted by molar-refractivity contribution is 0.0804. The van der Waals surface area contributed by atoms with Gasteiger partial charge < -0.3 is 15.5 Å². The van der Waals surface area contributed by atoms with Crippen LogP contribution in [0.5, 0.6) is 0 Å². The summed E-state index contributed by atoms with van der Waals surface area (Å²) < 4.78 is 13.8. The van der Waals surface area contributed by atoms with Crippen LogP contribution in [0.1, 0.15) is 9.67 Å². The first kappa shape index (κ1) is 12.9. The molecular formula is C12H12FNO3S. The number of thiophene rings is 1. The van der Waals surface area contributed by atoms with Crippen molar-refractivity contribution in [2.24, 2.45) is 0 Å². The first-order valence-electron chi connectivity index (χ1n) is 5.36. The van der Waals surface area contributed by atoms with Crippen LogP contribution in [0.4, 0.5) is 4.39 Å². The number of halogens is 1. The quantitative estimate of drug-likeness (QED) is 0.779. The maximum Gasteiger partial charge on any atom is 0.261 e. The molecule has 3 N–H and O–H groups in total. The van der Waals surface area contributed by atoms with E-state index < -0.39 is 12.7 Å². The van der Waals surface area contributed by atoms with Gasteiger partial charge in [-0.05, 0) is 29.7 Å². The Hall–Kier alpha value is -1.50. The molecule has 1 aromatic carbocycles. The van der Waals surface area contributed by atoms with Gasteiger partial charge >= 0.3 is 0 Å². The summed E-state index contributed by atoms with van der Waals surface area (Å²) in [4.78, 5) is 12.2. The summed E-state index contributed by atoms with van der Waals surface area (Å²) in [6.45, 7) is -0.421. The lowest BCUT2D eigenvalue weighted by Crippen LogP contribution is -2.33. The molecule has 0 spiro atoms. The molecule has 2 aromatic rings. The van der Waals surface area contributed by atoms with Crippen molar-refractivity contribution >= 4 is 27.3 Å². The lowest BCUT2D eigenvalue weighted by atomic mass is 10.2. The van der Waals surface area contributed by atoms with Crippen LogP contribution in [0, 0.1) is 5.82 Å². The van der Waals surface area contributed by atoms with Gasteiger partial charge in [0.1, 0.15) is 5.82 Å². The molecule has 1 aromatic heterocycles. The molecule has 6 heteroatoms. The third-order valence-corrected chi connectivity index (χ3v) is 3.53. The largest absolute Gasteiger partial charge is 0.394 e.